The normalized spacial score (nSPS) is 26.9. The Bertz CT molecular complexity index is 609. The van der Waals surface area contributed by atoms with Crippen LogP contribution in [0.1, 0.15) is 42.5 Å². The number of primary amides is 1. The summed E-state index contributed by atoms with van der Waals surface area (Å²) >= 11 is 0. The predicted molar refractivity (Wildman–Crippen MR) is 95.1 cm³/mol. The molecule has 4 nitrogen and oxygen atoms in total. The van der Waals surface area contributed by atoms with Crippen LogP contribution in [0.4, 0.5) is 18.9 Å². The Morgan fingerprint density at radius 2 is 1.77 bits per heavy atom. The van der Waals surface area contributed by atoms with Crippen molar-refractivity contribution >= 4 is 11.6 Å². The van der Waals surface area contributed by atoms with Crippen molar-refractivity contribution in [1.82, 2.24) is 5.32 Å². The SMILES string of the molecule is NC(=O)c1ccc(N2CC[C@@H](NCC3CCC(C(F)(F)F)CC3)C2)cc1. The van der Waals surface area contributed by atoms with E-state index in [1.165, 1.54) is 0 Å². The highest BCUT2D eigenvalue weighted by molar-refractivity contribution is 5.93. The molecule has 1 heterocycles. The topological polar surface area (TPSA) is 58.4 Å². The zero-order valence-electron chi connectivity index (χ0n) is 14.8. The Labute approximate surface area is 151 Å². The molecule has 1 aliphatic heterocycles. The molecule has 2 aliphatic rings. The highest BCUT2D eigenvalue weighted by Crippen LogP contribution is 2.39. The lowest BCUT2D eigenvalue weighted by Crippen LogP contribution is -2.38. The van der Waals surface area contributed by atoms with Crippen molar-refractivity contribution in [2.24, 2.45) is 17.6 Å². The highest BCUT2D eigenvalue weighted by atomic mass is 19.4. The molecule has 0 aromatic heterocycles. The first-order chi connectivity index (χ1) is 12.3. The van der Waals surface area contributed by atoms with E-state index in [0.29, 0.717) is 30.4 Å². The quantitative estimate of drug-likeness (QED) is 0.837. The summed E-state index contributed by atoms with van der Waals surface area (Å²) in [6, 6.07) is 7.63. The summed E-state index contributed by atoms with van der Waals surface area (Å²) in [5.41, 5.74) is 6.81. The number of alkyl halides is 3. The van der Waals surface area contributed by atoms with E-state index in [-0.39, 0.29) is 12.8 Å². The molecule has 1 atom stereocenters. The number of amides is 1. The van der Waals surface area contributed by atoms with Gasteiger partial charge in [-0.05, 0) is 68.8 Å². The number of nitrogens with two attached hydrogens (primary N) is 1. The molecular formula is C19H26F3N3O. The molecule has 1 aromatic rings. The zero-order valence-corrected chi connectivity index (χ0v) is 14.8. The van der Waals surface area contributed by atoms with Gasteiger partial charge in [0.15, 0.2) is 0 Å². The second-order valence-corrected chi connectivity index (χ2v) is 7.51. The number of hydrogen-bond acceptors (Lipinski definition) is 3. The van der Waals surface area contributed by atoms with Crippen molar-refractivity contribution in [3.8, 4) is 0 Å². The second kappa shape index (κ2) is 7.86. The van der Waals surface area contributed by atoms with E-state index in [1.54, 1.807) is 12.1 Å². The zero-order chi connectivity index (χ0) is 18.7. The average Bonchev–Trinajstić information content (AvgIpc) is 3.08. The Balaban J connectivity index is 1.42. The van der Waals surface area contributed by atoms with Gasteiger partial charge in [0.25, 0.3) is 0 Å². The Morgan fingerprint density at radius 1 is 1.12 bits per heavy atom. The van der Waals surface area contributed by atoms with E-state index in [4.69, 9.17) is 5.73 Å². The molecule has 1 aliphatic carbocycles. The van der Waals surface area contributed by atoms with Crippen LogP contribution in [0.15, 0.2) is 24.3 Å². The molecule has 2 fully saturated rings. The lowest BCUT2D eigenvalue weighted by Gasteiger charge is -2.30. The van der Waals surface area contributed by atoms with Gasteiger partial charge in [-0.2, -0.15) is 13.2 Å². The summed E-state index contributed by atoms with van der Waals surface area (Å²) in [7, 11) is 0. The molecule has 0 radical (unpaired) electrons. The summed E-state index contributed by atoms with van der Waals surface area (Å²) in [5, 5.41) is 3.54. The maximum Gasteiger partial charge on any atom is 0.391 e. The molecule has 1 saturated heterocycles. The number of nitrogens with zero attached hydrogens (tertiary/aromatic N) is 1. The van der Waals surface area contributed by atoms with Crippen LogP contribution in [0.5, 0.6) is 0 Å². The first-order valence-electron chi connectivity index (χ1n) is 9.28. The molecule has 1 saturated carbocycles. The largest absolute Gasteiger partial charge is 0.391 e. The lowest BCUT2D eigenvalue weighted by molar-refractivity contribution is -0.183. The van der Waals surface area contributed by atoms with Crippen LogP contribution in [0.3, 0.4) is 0 Å². The highest BCUT2D eigenvalue weighted by Gasteiger charge is 2.41. The molecule has 1 amide bonds. The van der Waals surface area contributed by atoms with Crippen molar-refractivity contribution < 1.29 is 18.0 Å². The van der Waals surface area contributed by atoms with Gasteiger partial charge in [0, 0.05) is 30.4 Å². The molecule has 0 spiro atoms. The number of benzene rings is 1. The van der Waals surface area contributed by atoms with Crippen molar-refractivity contribution in [2.45, 2.75) is 44.3 Å². The molecule has 0 bridgehead atoms. The third-order valence-electron chi connectivity index (χ3n) is 5.71. The summed E-state index contributed by atoms with van der Waals surface area (Å²) < 4.78 is 38.2. The number of halogens is 3. The number of carbonyl (C=O) groups is 1. The summed E-state index contributed by atoms with van der Waals surface area (Å²) in [5.74, 6) is -1.20. The number of hydrogen-bond donors (Lipinski definition) is 2. The van der Waals surface area contributed by atoms with Crippen molar-refractivity contribution in [3.63, 3.8) is 0 Å². The van der Waals surface area contributed by atoms with Crippen LogP contribution in [0, 0.1) is 11.8 Å². The molecule has 26 heavy (non-hydrogen) atoms. The standard InChI is InChI=1S/C19H26F3N3O/c20-19(21,22)15-5-1-13(2-6-15)11-24-16-9-10-25(12-16)17-7-3-14(4-8-17)18(23)26/h3-4,7-8,13,15-16,24H,1-2,5-6,9-12H2,(H2,23,26)/t13?,15?,16-/m1/s1. The minimum atomic E-state index is -4.03. The van der Waals surface area contributed by atoms with Gasteiger partial charge in [-0.1, -0.05) is 0 Å². The van der Waals surface area contributed by atoms with Crippen molar-refractivity contribution in [3.05, 3.63) is 29.8 Å². The maximum atomic E-state index is 12.7. The third kappa shape index (κ3) is 4.69. The predicted octanol–water partition coefficient (Wildman–Crippen LogP) is 3.32. The minimum absolute atomic E-state index is 0.263. The molecule has 3 N–H and O–H groups in total. The van der Waals surface area contributed by atoms with Gasteiger partial charge in [-0.15, -0.1) is 0 Å². The van der Waals surface area contributed by atoms with E-state index in [9.17, 15) is 18.0 Å². The lowest BCUT2D eigenvalue weighted by atomic mass is 9.81. The van der Waals surface area contributed by atoms with Crippen LogP contribution in [0.25, 0.3) is 0 Å². The fraction of sp³-hybridized carbons (Fsp3) is 0.632. The van der Waals surface area contributed by atoms with E-state index in [1.807, 2.05) is 12.1 Å². The van der Waals surface area contributed by atoms with Crippen molar-refractivity contribution in [2.75, 3.05) is 24.5 Å². The van der Waals surface area contributed by atoms with Crippen LogP contribution < -0.4 is 16.0 Å². The first kappa shape index (κ1) is 19.0. The number of nitrogens with one attached hydrogen (secondary N) is 1. The Hall–Kier alpha value is -1.76. The van der Waals surface area contributed by atoms with E-state index >= 15 is 0 Å². The van der Waals surface area contributed by atoms with Gasteiger partial charge >= 0.3 is 6.18 Å². The van der Waals surface area contributed by atoms with Crippen LogP contribution in [-0.2, 0) is 0 Å². The molecule has 144 valence electrons. The number of rotatable bonds is 5. The van der Waals surface area contributed by atoms with Crippen molar-refractivity contribution in [1.29, 1.82) is 0 Å². The van der Waals surface area contributed by atoms with Crippen LogP contribution in [0.2, 0.25) is 0 Å². The first-order valence-corrected chi connectivity index (χ1v) is 9.28. The molecule has 3 rings (SSSR count). The third-order valence-corrected chi connectivity index (χ3v) is 5.71. The number of carbonyl (C=O) groups excluding carboxylic acids is 1. The monoisotopic (exact) mass is 369 g/mol. The van der Waals surface area contributed by atoms with Crippen LogP contribution in [-0.4, -0.2) is 37.8 Å². The molecule has 1 aromatic carbocycles. The molecule has 7 heteroatoms. The van der Waals surface area contributed by atoms with E-state index in [2.05, 4.69) is 10.2 Å². The van der Waals surface area contributed by atoms with E-state index in [0.717, 1.165) is 31.7 Å². The van der Waals surface area contributed by atoms with Gasteiger partial charge in [-0.25, -0.2) is 0 Å². The fourth-order valence-electron chi connectivity index (χ4n) is 4.03. The maximum absolute atomic E-state index is 12.7. The van der Waals surface area contributed by atoms with Crippen LogP contribution >= 0.6 is 0 Å². The van der Waals surface area contributed by atoms with Gasteiger partial charge in [0.05, 0.1) is 5.92 Å². The Morgan fingerprint density at radius 3 is 2.35 bits per heavy atom. The summed E-state index contributed by atoms with van der Waals surface area (Å²) in [4.78, 5) is 13.4. The smallest absolute Gasteiger partial charge is 0.370 e. The van der Waals surface area contributed by atoms with Gasteiger partial charge in [0.1, 0.15) is 0 Å². The van der Waals surface area contributed by atoms with Gasteiger partial charge < -0.3 is 16.0 Å². The molecular weight excluding hydrogens is 343 g/mol. The average molecular weight is 369 g/mol. The number of anilines is 1. The summed E-state index contributed by atoms with van der Waals surface area (Å²) in [6.07, 6.45) is -1.19. The van der Waals surface area contributed by atoms with E-state index < -0.39 is 18.0 Å². The van der Waals surface area contributed by atoms with Gasteiger partial charge in [0.2, 0.25) is 5.91 Å². The molecule has 0 unspecified atom stereocenters. The Kier molecular flexibility index (Phi) is 5.75. The second-order valence-electron chi connectivity index (χ2n) is 7.51. The van der Waals surface area contributed by atoms with Gasteiger partial charge in [-0.3, -0.25) is 4.79 Å². The minimum Gasteiger partial charge on any atom is -0.370 e. The summed E-state index contributed by atoms with van der Waals surface area (Å²) in [6.45, 7) is 2.59. The fourth-order valence-corrected chi connectivity index (χ4v) is 4.03.